The lowest BCUT2D eigenvalue weighted by atomic mass is 9.95. The Labute approximate surface area is 292 Å². The first-order chi connectivity index (χ1) is 24.1. The van der Waals surface area contributed by atoms with Crippen LogP contribution in [0.25, 0.3) is 44.1 Å². The molecule has 2 aromatic heterocycles. The number of hydrogen-bond donors (Lipinski definition) is 2. The van der Waals surface area contributed by atoms with E-state index in [9.17, 15) is 16.8 Å². The van der Waals surface area contributed by atoms with Crippen molar-refractivity contribution < 1.29 is 16.8 Å². The molecule has 7 rings (SSSR count). The largest absolute Gasteiger partial charge is 0.249 e. The zero-order valence-electron chi connectivity index (χ0n) is 27.5. The van der Waals surface area contributed by atoms with Crippen LogP contribution in [0.1, 0.15) is 22.5 Å². The Morgan fingerprint density at radius 3 is 1.20 bits per heavy atom. The Morgan fingerprint density at radius 1 is 0.480 bits per heavy atom. The predicted octanol–water partition coefficient (Wildman–Crippen LogP) is 7.69. The first-order valence-corrected chi connectivity index (χ1v) is 19.0. The summed E-state index contributed by atoms with van der Waals surface area (Å²) in [6, 6.07) is 40.9. The van der Waals surface area contributed by atoms with Crippen molar-refractivity contribution >= 4 is 41.9 Å². The van der Waals surface area contributed by atoms with Crippen molar-refractivity contribution in [2.45, 2.75) is 36.7 Å². The van der Waals surface area contributed by atoms with Crippen molar-refractivity contribution in [3.8, 4) is 22.3 Å². The molecule has 0 saturated carbocycles. The number of nitrogens with zero attached hydrogens (tertiary/aromatic N) is 2. The molecule has 2 N–H and O–H groups in total. The molecule has 0 unspecified atom stereocenters. The molecule has 0 aliphatic carbocycles. The highest BCUT2D eigenvalue weighted by Crippen LogP contribution is 2.36. The van der Waals surface area contributed by atoms with Crippen LogP contribution in [0.5, 0.6) is 0 Å². The summed E-state index contributed by atoms with van der Waals surface area (Å²) in [6.45, 7) is 3.70. The molecule has 8 nitrogen and oxygen atoms in total. The first-order valence-electron chi connectivity index (χ1n) is 16.1. The van der Waals surface area contributed by atoms with Crippen LogP contribution in [0.2, 0.25) is 0 Å². The van der Waals surface area contributed by atoms with Gasteiger partial charge in [-0.15, -0.1) is 0 Å². The summed E-state index contributed by atoms with van der Waals surface area (Å²) in [7, 11) is -7.63. The fourth-order valence-corrected chi connectivity index (χ4v) is 7.91. The van der Waals surface area contributed by atoms with Crippen LogP contribution in [0.3, 0.4) is 0 Å². The highest BCUT2D eigenvalue weighted by atomic mass is 32.2. The van der Waals surface area contributed by atoms with Gasteiger partial charge in [0.2, 0.25) is 20.0 Å². The molecule has 0 spiro atoms. The van der Waals surface area contributed by atoms with Crippen LogP contribution >= 0.6 is 0 Å². The Kier molecular flexibility index (Phi) is 9.02. The van der Waals surface area contributed by atoms with Gasteiger partial charge in [-0.2, -0.15) is 0 Å². The van der Waals surface area contributed by atoms with Crippen LogP contribution in [-0.4, -0.2) is 26.8 Å². The number of fused-ring (bicyclic) bond motifs is 3. The molecule has 5 aromatic carbocycles. The van der Waals surface area contributed by atoms with E-state index in [0.717, 1.165) is 44.2 Å². The van der Waals surface area contributed by atoms with Crippen LogP contribution in [0.4, 0.5) is 0 Å². The second kappa shape index (κ2) is 13.6. The van der Waals surface area contributed by atoms with E-state index < -0.39 is 20.0 Å². The lowest BCUT2D eigenvalue weighted by Gasteiger charge is -2.16. The average molecular weight is 699 g/mol. The standard InChI is InChI=1S/C40H34N4O4S2/c1-27-13-17-33(18-14-27)49(45,46)41-25-31-23-37(29-9-5-3-6-10-29)35-21-22-36-38(30-11-7-4-8-12-30)24-32(44-40(36)39(35)43-31)26-42-50(47,48)34-19-15-28(2)16-20-34/h3-24,41-42H,25-26H2,1-2H3. The summed E-state index contributed by atoms with van der Waals surface area (Å²) in [5.41, 5.74) is 7.71. The molecule has 0 saturated heterocycles. The number of sulfonamides is 2. The van der Waals surface area contributed by atoms with Gasteiger partial charge >= 0.3 is 0 Å². The number of rotatable bonds is 10. The third-order valence-corrected chi connectivity index (χ3v) is 11.4. The molecule has 0 aliphatic rings. The van der Waals surface area contributed by atoms with Gasteiger partial charge in [-0.3, -0.25) is 0 Å². The highest BCUT2D eigenvalue weighted by Gasteiger charge is 2.19. The van der Waals surface area contributed by atoms with Crippen LogP contribution < -0.4 is 9.44 Å². The summed E-state index contributed by atoms with van der Waals surface area (Å²) >= 11 is 0. The molecule has 0 aliphatic heterocycles. The highest BCUT2D eigenvalue weighted by molar-refractivity contribution is 7.89. The molecule has 0 bridgehead atoms. The maximum atomic E-state index is 13.3. The Morgan fingerprint density at radius 2 is 0.840 bits per heavy atom. The van der Waals surface area contributed by atoms with E-state index in [4.69, 9.17) is 9.97 Å². The molecule has 50 heavy (non-hydrogen) atoms. The Hall–Kier alpha value is -5.26. The molecule has 250 valence electrons. The lowest BCUT2D eigenvalue weighted by molar-refractivity contribution is 0.579. The minimum Gasteiger partial charge on any atom is -0.249 e. The lowest BCUT2D eigenvalue weighted by Crippen LogP contribution is -2.24. The third-order valence-electron chi connectivity index (χ3n) is 8.58. The minimum atomic E-state index is -3.82. The number of benzene rings is 5. The number of hydrogen-bond acceptors (Lipinski definition) is 6. The Balaban J connectivity index is 1.38. The van der Waals surface area contributed by atoms with Gasteiger partial charge in [0.1, 0.15) is 0 Å². The van der Waals surface area contributed by atoms with Crippen molar-refractivity contribution in [3.05, 3.63) is 156 Å². The molecule has 0 amide bonds. The van der Waals surface area contributed by atoms with E-state index in [1.807, 2.05) is 98.8 Å². The zero-order chi connectivity index (χ0) is 34.9. The van der Waals surface area contributed by atoms with E-state index in [-0.39, 0.29) is 22.9 Å². The summed E-state index contributed by atoms with van der Waals surface area (Å²) in [5, 5.41) is 1.66. The van der Waals surface area contributed by atoms with Crippen molar-refractivity contribution in [2.24, 2.45) is 0 Å². The van der Waals surface area contributed by atoms with Crippen molar-refractivity contribution in [1.82, 2.24) is 19.4 Å². The topological polar surface area (TPSA) is 118 Å². The fraction of sp³-hybridized carbons (Fsp3) is 0.100. The van der Waals surface area contributed by atoms with Gasteiger partial charge in [-0.25, -0.2) is 36.2 Å². The number of pyridine rings is 2. The van der Waals surface area contributed by atoms with Crippen molar-refractivity contribution in [3.63, 3.8) is 0 Å². The predicted molar refractivity (Wildman–Crippen MR) is 198 cm³/mol. The molecule has 2 heterocycles. The minimum absolute atomic E-state index is 0.0516. The van der Waals surface area contributed by atoms with Crippen LogP contribution in [-0.2, 0) is 33.1 Å². The monoisotopic (exact) mass is 698 g/mol. The third kappa shape index (κ3) is 6.92. The average Bonchev–Trinajstić information content (AvgIpc) is 3.13. The molecular formula is C40H34N4O4S2. The van der Waals surface area contributed by atoms with E-state index >= 15 is 0 Å². The van der Waals surface area contributed by atoms with E-state index in [1.54, 1.807) is 48.5 Å². The molecule has 0 radical (unpaired) electrons. The summed E-state index contributed by atoms with van der Waals surface area (Å²) < 4.78 is 58.5. The quantitative estimate of drug-likeness (QED) is 0.142. The van der Waals surface area contributed by atoms with Gasteiger partial charge in [0, 0.05) is 10.8 Å². The van der Waals surface area contributed by atoms with Gasteiger partial charge in [-0.05, 0) is 72.5 Å². The zero-order valence-corrected chi connectivity index (χ0v) is 29.1. The SMILES string of the molecule is Cc1ccc(S(=O)(=O)NCc2cc(-c3ccccc3)c3ccc4c(-c5ccccc5)cc(CNS(=O)(=O)c5ccc(C)cc5)nc4c3n2)cc1. The Bertz CT molecular complexity index is 2380. The van der Waals surface area contributed by atoms with Gasteiger partial charge in [0.15, 0.2) is 0 Å². The van der Waals surface area contributed by atoms with Crippen molar-refractivity contribution in [1.29, 1.82) is 0 Å². The van der Waals surface area contributed by atoms with Crippen LogP contribution in [0.15, 0.2) is 143 Å². The number of aromatic nitrogens is 2. The summed E-state index contributed by atoms with van der Waals surface area (Å²) in [5.74, 6) is 0. The summed E-state index contributed by atoms with van der Waals surface area (Å²) in [4.78, 5) is 10.4. The smallest absolute Gasteiger partial charge is 0.240 e. The second-order valence-corrected chi connectivity index (χ2v) is 15.7. The normalized spacial score (nSPS) is 12.0. The van der Waals surface area contributed by atoms with E-state index in [0.29, 0.717) is 22.4 Å². The molecular weight excluding hydrogens is 665 g/mol. The van der Waals surface area contributed by atoms with Gasteiger partial charge in [0.25, 0.3) is 0 Å². The van der Waals surface area contributed by atoms with Gasteiger partial charge < -0.3 is 0 Å². The molecule has 7 aromatic rings. The molecule has 10 heteroatoms. The summed E-state index contributed by atoms with van der Waals surface area (Å²) in [6.07, 6.45) is 0. The second-order valence-electron chi connectivity index (χ2n) is 12.2. The number of nitrogens with one attached hydrogen (secondary N) is 2. The number of aryl methyl sites for hydroxylation is 2. The van der Waals surface area contributed by atoms with Crippen molar-refractivity contribution in [2.75, 3.05) is 0 Å². The van der Waals surface area contributed by atoms with Gasteiger partial charge in [-0.1, -0.05) is 108 Å². The maximum absolute atomic E-state index is 13.3. The first kappa shape index (κ1) is 33.2. The molecule has 0 fully saturated rings. The van der Waals surface area contributed by atoms with E-state index in [1.165, 1.54) is 0 Å². The van der Waals surface area contributed by atoms with Gasteiger partial charge in [0.05, 0.1) is 45.3 Å². The van der Waals surface area contributed by atoms with E-state index in [2.05, 4.69) is 9.44 Å². The molecule has 0 atom stereocenters. The fourth-order valence-electron chi connectivity index (χ4n) is 5.91. The maximum Gasteiger partial charge on any atom is 0.240 e. The van der Waals surface area contributed by atoms with Crippen LogP contribution in [0, 0.1) is 13.8 Å².